The lowest BCUT2D eigenvalue weighted by Crippen LogP contribution is -2.34. The molecule has 0 saturated carbocycles. The van der Waals surface area contributed by atoms with Crippen LogP contribution in [0, 0.1) is 0 Å². The molecular formula is C27H27ClN2O3S. The average Bonchev–Trinajstić information content (AvgIpc) is 3.21. The van der Waals surface area contributed by atoms with Crippen LogP contribution >= 0.6 is 11.6 Å². The van der Waals surface area contributed by atoms with Crippen LogP contribution in [0.25, 0.3) is 10.9 Å². The number of para-hydroxylation sites is 2. The number of carbonyl (C=O) groups excluding carboxylic acids is 1. The molecule has 5 nitrogen and oxygen atoms in total. The number of benzene rings is 3. The van der Waals surface area contributed by atoms with E-state index in [4.69, 9.17) is 11.6 Å². The van der Waals surface area contributed by atoms with E-state index in [-0.39, 0.29) is 23.1 Å². The maximum atomic E-state index is 13.4. The quantitative estimate of drug-likeness (QED) is 0.282. The molecule has 34 heavy (non-hydrogen) atoms. The van der Waals surface area contributed by atoms with Gasteiger partial charge in [0, 0.05) is 34.4 Å². The Kier molecular flexibility index (Phi) is 7.39. The van der Waals surface area contributed by atoms with E-state index < -0.39 is 9.84 Å². The van der Waals surface area contributed by atoms with Crippen molar-refractivity contribution in [2.24, 2.45) is 0 Å². The summed E-state index contributed by atoms with van der Waals surface area (Å²) in [6.45, 7) is 2.75. The molecule has 3 aromatic carbocycles. The Morgan fingerprint density at radius 3 is 2.32 bits per heavy atom. The summed E-state index contributed by atoms with van der Waals surface area (Å²) in [5.41, 5.74) is 2.22. The molecule has 0 atom stereocenters. The Balaban J connectivity index is 1.67. The van der Waals surface area contributed by atoms with Crippen LogP contribution in [0.15, 0.2) is 90.0 Å². The number of unbranched alkanes of at least 4 members (excludes halogenated alkanes) is 1. The second kappa shape index (κ2) is 10.5. The number of hydrogen-bond donors (Lipinski definition) is 0. The molecule has 7 heteroatoms. The van der Waals surface area contributed by atoms with Crippen LogP contribution in [0.1, 0.15) is 25.3 Å². The number of nitrogens with zero attached hydrogens (tertiary/aromatic N) is 2. The van der Waals surface area contributed by atoms with E-state index in [0.29, 0.717) is 28.0 Å². The minimum atomic E-state index is -3.64. The van der Waals surface area contributed by atoms with Crippen LogP contribution in [0.3, 0.4) is 0 Å². The van der Waals surface area contributed by atoms with Crippen molar-refractivity contribution in [3.8, 4) is 0 Å². The summed E-state index contributed by atoms with van der Waals surface area (Å²) in [4.78, 5) is 15.4. The topological polar surface area (TPSA) is 59.4 Å². The zero-order valence-corrected chi connectivity index (χ0v) is 20.6. The fourth-order valence-corrected chi connectivity index (χ4v) is 5.73. The lowest BCUT2D eigenvalue weighted by Gasteiger charge is -2.23. The highest BCUT2D eigenvalue weighted by Gasteiger charge is 2.24. The summed E-state index contributed by atoms with van der Waals surface area (Å²) in [6, 6.07) is 23.7. The maximum Gasteiger partial charge on any atom is 0.246 e. The molecular weight excluding hydrogens is 468 g/mol. The molecule has 0 aliphatic rings. The average molecular weight is 495 g/mol. The van der Waals surface area contributed by atoms with E-state index >= 15 is 0 Å². The number of halogens is 1. The van der Waals surface area contributed by atoms with Crippen molar-refractivity contribution in [3.63, 3.8) is 0 Å². The Morgan fingerprint density at radius 1 is 0.941 bits per heavy atom. The Labute approximate surface area is 205 Å². The highest BCUT2D eigenvalue weighted by Crippen LogP contribution is 2.29. The largest absolute Gasteiger partial charge is 0.337 e. The molecule has 1 amide bonds. The Morgan fingerprint density at radius 2 is 1.62 bits per heavy atom. The number of carbonyl (C=O) groups is 1. The molecule has 0 saturated heterocycles. The zero-order valence-electron chi connectivity index (χ0n) is 19.0. The van der Waals surface area contributed by atoms with Crippen LogP contribution in [-0.2, 0) is 26.9 Å². The third-order valence-corrected chi connectivity index (χ3v) is 7.73. The summed E-state index contributed by atoms with van der Waals surface area (Å²) < 4.78 is 28.5. The SMILES string of the molecule is CCCCN(C(=O)Cn1cc(S(=O)(=O)Cc2ccc(Cl)cc2)c2ccccc21)c1ccccc1. The number of fused-ring (bicyclic) bond motifs is 1. The van der Waals surface area contributed by atoms with Gasteiger partial charge in [-0.25, -0.2) is 8.42 Å². The molecule has 0 aliphatic carbocycles. The number of anilines is 1. The fourth-order valence-electron chi connectivity index (χ4n) is 4.02. The van der Waals surface area contributed by atoms with Crippen molar-refractivity contribution >= 4 is 43.9 Å². The molecule has 1 aromatic heterocycles. The molecule has 0 bridgehead atoms. The fraction of sp³-hybridized carbons (Fsp3) is 0.222. The molecule has 0 radical (unpaired) electrons. The van der Waals surface area contributed by atoms with Gasteiger partial charge in [-0.15, -0.1) is 0 Å². The van der Waals surface area contributed by atoms with Gasteiger partial charge >= 0.3 is 0 Å². The van der Waals surface area contributed by atoms with Crippen molar-refractivity contribution in [3.05, 3.63) is 95.6 Å². The molecule has 0 fully saturated rings. The van der Waals surface area contributed by atoms with Crippen LogP contribution < -0.4 is 4.90 Å². The predicted molar refractivity (Wildman–Crippen MR) is 138 cm³/mol. The lowest BCUT2D eigenvalue weighted by molar-refractivity contribution is -0.119. The monoisotopic (exact) mass is 494 g/mol. The molecule has 0 aliphatic heterocycles. The minimum Gasteiger partial charge on any atom is -0.337 e. The Hall–Kier alpha value is -3.09. The van der Waals surface area contributed by atoms with Crippen molar-refractivity contribution in [2.45, 2.75) is 37.0 Å². The lowest BCUT2D eigenvalue weighted by atomic mass is 10.2. The second-order valence-electron chi connectivity index (χ2n) is 8.26. The summed E-state index contributed by atoms with van der Waals surface area (Å²) in [6.07, 6.45) is 3.45. The first-order chi connectivity index (χ1) is 16.4. The number of hydrogen-bond acceptors (Lipinski definition) is 3. The van der Waals surface area contributed by atoms with Gasteiger partial charge in [0.2, 0.25) is 5.91 Å². The van der Waals surface area contributed by atoms with Gasteiger partial charge in [-0.2, -0.15) is 0 Å². The second-order valence-corrected chi connectivity index (χ2v) is 10.7. The number of rotatable bonds is 9. The van der Waals surface area contributed by atoms with Crippen LogP contribution in [0.5, 0.6) is 0 Å². The minimum absolute atomic E-state index is 0.0512. The Bertz CT molecular complexity index is 1380. The van der Waals surface area contributed by atoms with E-state index in [0.717, 1.165) is 18.5 Å². The molecule has 1 heterocycles. The van der Waals surface area contributed by atoms with Gasteiger partial charge in [-0.3, -0.25) is 4.79 Å². The first kappa shape index (κ1) is 24.0. The normalized spacial score (nSPS) is 11.6. The van der Waals surface area contributed by atoms with Gasteiger partial charge < -0.3 is 9.47 Å². The maximum absolute atomic E-state index is 13.4. The first-order valence-corrected chi connectivity index (χ1v) is 13.3. The summed E-state index contributed by atoms with van der Waals surface area (Å²) >= 11 is 5.94. The van der Waals surface area contributed by atoms with Gasteiger partial charge in [0.05, 0.1) is 10.6 Å². The van der Waals surface area contributed by atoms with Crippen molar-refractivity contribution in [1.82, 2.24) is 4.57 Å². The van der Waals surface area contributed by atoms with Crippen molar-refractivity contribution < 1.29 is 13.2 Å². The van der Waals surface area contributed by atoms with Crippen LogP contribution in [0.2, 0.25) is 5.02 Å². The van der Waals surface area contributed by atoms with E-state index in [1.807, 2.05) is 48.5 Å². The van der Waals surface area contributed by atoms with Gasteiger partial charge in [-0.05, 0) is 42.3 Å². The molecule has 176 valence electrons. The highest BCUT2D eigenvalue weighted by molar-refractivity contribution is 7.90. The van der Waals surface area contributed by atoms with E-state index in [2.05, 4.69) is 6.92 Å². The van der Waals surface area contributed by atoms with E-state index in [9.17, 15) is 13.2 Å². The number of sulfone groups is 1. The van der Waals surface area contributed by atoms with E-state index in [1.165, 1.54) is 0 Å². The number of aromatic nitrogens is 1. The van der Waals surface area contributed by atoms with Gasteiger partial charge in [0.25, 0.3) is 0 Å². The van der Waals surface area contributed by atoms with Gasteiger partial charge in [-0.1, -0.05) is 73.5 Å². The zero-order chi connectivity index (χ0) is 24.1. The summed E-state index contributed by atoms with van der Waals surface area (Å²) in [7, 11) is -3.64. The van der Waals surface area contributed by atoms with Crippen molar-refractivity contribution in [1.29, 1.82) is 0 Å². The van der Waals surface area contributed by atoms with Crippen LogP contribution in [0.4, 0.5) is 5.69 Å². The molecule has 0 spiro atoms. The molecule has 0 unspecified atom stereocenters. The third kappa shape index (κ3) is 5.34. The summed E-state index contributed by atoms with van der Waals surface area (Å²) in [5.74, 6) is -0.222. The molecule has 4 aromatic rings. The van der Waals surface area contributed by atoms with Gasteiger partial charge in [0.15, 0.2) is 9.84 Å². The standard InChI is InChI=1S/C27H27ClN2O3S/c1-2-3-17-30(23-9-5-4-6-10-23)27(31)19-29-18-26(24-11-7-8-12-25(24)29)34(32,33)20-21-13-15-22(28)16-14-21/h4-16,18H,2-3,17,19-20H2,1H3. The number of amides is 1. The molecule has 0 N–H and O–H groups in total. The van der Waals surface area contributed by atoms with Crippen LogP contribution in [-0.4, -0.2) is 25.4 Å². The predicted octanol–water partition coefficient (Wildman–Crippen LogP) is 6.10. The third-order valence-electron chi connectivity index (χ3n) is 5.77. The highest BCUT2D eigenvalue weighted by atomic mass is 35.5. The van der Waals surface area contributed by atoms with E-state index in [1.54, 1.807) is 46.0 Å². The van der Waals surface area contributed by atoms with Gasteiger partial charge in [0.1, 0.15) is 6.54 Å². The van der Waals surface area contributed by atoms with Crippen molar-refractivity contribution in [2.75, 3.05) is 11.4 Å². The summed E-state index contributed by atoms with van der Waals surface area (Å²) in [5, 5.41) is 1.17. The molecule has 4 rings (SSSR count). The smallest absolute Gasteiger partial charge is 0.246 e. The first-order valence-electron chi connectivity index (χ1n) is 11.3.